The molecular formula is C9H11ClFNO2. The van der Waals surface area contributed by atoms with Crippen molar-refractivity contribution in [2.24, 2.45) is 0 Å². The molecule has 0 radical (unpaired) electrons. The molecule has 0 aliphatic carbocycles. The Hall–Kier alpha value is -1.00. The monoisotopic (exact) mass is 219 g/mol. The fraction of sp³-hybridized carbons (Fsp3) is 0.333. The number of ether oxygens (including phenoxy) is 1. The van der Waals surface area contributed by atoms with E-state index in [2.05, 4.69) is 0 Å². The summed E-state index contributed by atoms with van der Waals surface area (Å²) in [5.74, 6) is -0.314. The van der Waals surface area contributed by atoms with Crippen molar-refractivity contribution in [3.63, 3.8) is 0 Å². The van der Waals surface area contributed by atoms with Crippen molar-refractivity contribution in [2.45, 2.75) is 13.0 Å². The number of aliphatic hydroxyl groups excluding tert-OH is 1. The number of nitrogens with two attached hydrogens (primary N) is 1. The first-order chi connectivity index (χ1) is 6.54. The van der Waals surface area contributed by atoms with Crippen molar-refractivity contribution in [1.29, 1.82) is 0 Å². The van der Waals surface area contributed by atoms with Crippen LogP contribution in [0.4, 0.5) is 10.1 Å². The van der Waals surface area contributed by atoms with Crippen LogP contribution in [0.2, 0.25) is 5.02 Å². The van der Waals surface area contributed by atoms with Crippen LogP contribution >= 0.6 is 11.6 Å². The van der Waals surface area contributed by atoms with E-state index in [9.17, 15) is 4.39 Å². The number of hydrogen-bond acceptors (Lipinski definition) is 3. The maximum atomic E-state index is 12.9. The fourth-order valence-electron chi connectivity index (χ4n) is 0.889. The number of benzene rings is 1. The minimum absolute atomic E-state index is 0.0328. The minimum atomic E-state index is -0.584. The molecule has 0 fully saturated rings. The third-order valence-electron chi connectivity index (χ3n) is 1.64. The number of halogens is 2. The quantitative estimate of drug-likeness (QED) is 0.763. The summed E-state index contributed by atoms with van der Waals surface area (Å²) < 4.78 is 18.1. The highest BCUT2D eigenvalue weighted by atomic mass is 35.5. The second-order valence-electron chi connectivity index (χ2n) is 2.92. The number of anilines is 1. The highest BCUT2D eigenvalue weighted by Gasteiger charge is 2.10. The van der Waals surface area contributed by atoms with Gasteiger partial charge in [-0.2, -0.15) is 0 Å². The average Bonchev–Trinajstić information content (AvgIpc) is 2.14. The first-order valence-corrected chi connectivity index (χ1v) is 4.44. The van der Waals surface area contributed by atoms with Gasteiger partial charge in [-0.1, -0.05) is 11.6 Å². The van der Waals surface area contributed by atoms with E-state index >= 15 is 0 Å². The molecule has 1 atom stereocenters. The molecule has 0 amide bonds. The van der Waals surface area contributed by atoms with Crippen LogP contribution in [0.5, 0.6) is 5.75 Å². The number of hydrogen-bond donors (Lipinski definition) is 2. The lowest BCUT2D eigenvalue weighted by Gasteiger charge is -2.13. The van der Waals surface area contributed by atoms with Crippen LogP contribution in [0.25, 0.3) is 0 Å². The van der Waals surface area contributed by atoms with Crippen molar-refractivity contribution >= 4 is 17.3 Å². The molecule has 1 rings (SSSR count). The van der Waals surface area contributed by atoms with Crippen molar-refractivity contribution in [3.05, 3.63) is 23.0 Å². The second kappa shape index (κ2) is 4.48. The van der Waals surface area contributed by atoms with E-state index < -0.39 is 11.9 Å². The number of rotatable bonds is 3. The van der Waals surface area contributed by atoms with Gasteiger partial charge in [0.25, 0.3) is 0 Å². The summed E-state index contributed by atoms with van der Waals surface area (Å²) in [6.07, 6.45) is -0.405. The standard InChI is InChI=1S/C9H11ClFNO2/c1-5(4-13)14-9-3-8(12)7(11)2-6(9)10/h2-3,5,13H,4,12H2,1H3. The normalized spacial score (nSPS) is 12.6. The zero-order chi connectivity index (χ0) is 10.7. The van der Waals surface area contributed by atoms with Gasteiger partial charge in [-0.3, -0.25) is 0 Å². The zero-order valence-electron chi connectivity index (χ0n) is 7.63. The zero-order valence-corrected chi connectivity index (χ0v) is 8.38. The van der Waals surface area contributed by atoms with Gasteiger partial charge in [-0.25, -0.2) is 4.39 Å². The van der Waals surface area contributed by atoms with Crippen LogP contribution in [0, 0.1) is 5.82 Å². The van der Waals surface area contributed by atoms with Crippen LogP contribution in [0.1, 0.15) is 6.92 Å². The molecule has 0 saturated carbocycles. The summed E-state index contributed by atoms with van der Waals surface area (Å²) in [6, 6.07) is 2.38. The molecule has 0 aromatic heterocycles. The van der Waals surface area contributed by atoms with Gasteiger partial charge in [0.2, 0.25) is 0 Å². The Balaban J connectivity index is 2.92. The molecule has 0 aliphatic heterocycles. The molecule has 0 aliphatic rings. The Kier molecular flexibility index (Phi) is 3.55. The second-order valence-corrected chi connectivity index (χ2v) is 3.32. The molecule has 14 heavy (non-hydrogen) atoms. The van der Waals surface area contributed by atoms with Crippen molar-refractivity contribution in [3.8, 4) is 5.75 Å². The predicted molar refractivity (Wildman–Crippen MR) is 53.0 cm³/mol. The molecule has 1 unspecified atom stereocenters. The minimum Gasteiger partial charge on any atom is -0.487 e. The maximum Gasteiger partial charge on any atom is 0.147 e. The molecule has 0 spiro atoms. The molecule has 0 bridgehead atoms. The lowest BCUT2D eigenvalue weighted by atomic mass is 10.3. The summed E-state index contributed by atoms with van der Waals surface area (Å²) >= 11 is 5.70. The summed E-state index contributed by atoms with van der Waals surface area (Å²) in [4.78, 5) is 0. The fourth-order valence-corrected chi connectivity index (χ4v) is 1.08. The third-order valence-corrected chi connectivity index (χ3v) is 1.93. The maximum absolute atomic E-state index is 12.9. The molecule has 0 heterocycles. The molecule has 1 aromatic carbocycles. The number of nitrogen functional groups attached to an aromatic ring is 1. The summed E-state index contributed by atoms with van der Waals surface area (Å²) in [6.45, 7) is 1.52. The largest absolute Gasteiger partial charge is 0.487 e. The summed E-state index contributed by atoms with van der Waals surface area (Å²) in [7, 11) is 0. The average molecular weight is 220 g/mol. The van der Waals surface area contributed by atoms with Crippen molar-refractivity contribution < 1.29 is 14.2 Å². The van der Waals surface area contributed by atoms with E-state index in [-0.39, 0.29) is 23.1 Å². The van der Waals surface area contributed by atoms with Gasteiger partial charge >= 0.3 is 0 Å². The van der Waals surface area contributed by atoms with Crippen LogP contribution in [0.15, 0.2) is 12.1 Å². The van der Waals surface area contributed by atoms with Crippen LogP contribution in [-0.2, 0) is 0 Å². The smallest absolute Gasteiger partial charge is 0.147 e. The van der Waals surface area contributed by atoms with E-state index in [0.717, 1.165) is 6.07 Å². The molecule has 0 saturated heterocycles. The van der Waals surface area contributed by atoms with E-state index in [0.29, 0.717) is 0 Å². The first kappa shape index (κ1) is 11.1. The van der Waals surface area contributed by atoms with Crippen LogP contribution in [-0.4, -0.2) is 17.8 Å². The van der Waals surface area contributed by atoms with E-state index in [1.807, 2.05) is 0 Å². The Bertz CT molecular complexity index is 333. The highest BCUT2D eigenvalue weighted by molar-refractivity contribution is 6.32. The Morgan fingerprint density at radius 1 is 1.64 bits per heavy atom. The van der Waals surface area contributed by atoms with Gasteiger partial charge in [0.1, 0.15) is 17.7 Å². The van der Waals surface area contributed by atoms with E-state index in [1.54, 1.807) is 6.92 Å². The molecule has 3 nitrogen and oxygen atoms in total. The lowest BCUT2D eigenvalue weighted by Crippen LogP contribution is -2.16. The topological polar surface area (TPSA) is 55.5 Å². The van der Waals surface area contributed by atoms with Gasteiger partial charge in [0, 0.05) is 6.07 Å². The Morgan fingerprint density at radius 3 is 2.86 bits per heavy atom. The lowest BCUT2D eigenvalue weighted by molar-refractivity contribution is 0.130. The van der Waals surface area contributed by atoms with Gasteiger partial charge in [0.05, 0.1) is 17.3 Å². The summed E-state index contributed by atoms with van der Waals surface area (Å²) in [5.41, 5.74) is 5.30. The Labute approximate surface area is 86.2 Å². The van der Waals surface area contributed by atoms with E-state index in [1.165, 1.54) is 6.07 Å². The Morgan fingerprint density at radius 2 is 2.29 bits per heavy atom. The van der Waals surface area contributed by atoms with Crippen LogP contribution < -0.4 is 10.5 Å². The van der Waals surface area contributed by atoms with Crippen LogP contribution in [0.3, 0.4) is 0 Å². The molecule has 78 valence electrons. The van der Waals surface area contributed by atoms with Gasteiger partial charge in [0.15, 0.2) is 0 Å². The molecule has 1 aromatic rings. The van der Waals surface area contributed by atoms with Gasteiger partial charge in [-0.05, 0) is 13.0 Å². The molecular weight excluding hydrogens is 209 g/mol. The van der Waals surface area contributed by atoms with Crippen molar-refractivity contribution in [1.82, 2.24) is 0 Å². The molecule has 3 N–H and O–H groups in total. The van der Waals surface area contributed by atoms with E-state index in [4.69, 9.17) is 27.2 Å². The highest BCUT2D eigenvalue weighted by Crippen LogP contribution is 2.29. The third kappa shape index (κ3) is 2.49. The first-order valence-electron chi connectivity index (χ1n) is 4.06. The summed E-state index contributed by atoms with van der Waals surface area (Å²) in [5, 5.41) is 8.87. The SMILES string of the molecule is CC(CO)Oc1cc(N)c(F)cc1Cl. The van der Waals surface area contributed by atoms with Gasteiger partial charge < -0.3 is 15.6 Å². The van der Waals surface area contributed by atoms with Crippen molar-refractivity contribution in [2.75, 3.05) is 12.3 Å². The van der Waals surface area contributed by atoms with Gasteiger partial charge in [-0.15, -0.1) is 0 Å². The molecule has 5 heteroatoms. The number of aliphatic hydroxyl groups is 1. The predicted octanol–water partition coefficient (Wildman–Crippen LogP) is 1.82.